The minimum absolute atomic E-state index is 0.411. The van der Waals surface area contributed by atoms with Crippen molar-refractivity contribution in [1.82, 2.24) is 0 Å². The van der Waals surface area contributed by atoms with Gasteiger partial charge < -0.3 is 19.9 Å². The van der Waals surface area contributed by atoms with E-state index in [1.807, 2.05) is 42.5 Å². The summed E-state index contributed by atoms with van der Waals surface area (Å²) in [5.74, 6) is 2.18. The molecule has 0 spiro atoms. The molecule has 4 heteroatoms. The lowest BCUT2D eigenvalue weighted by Crippen LogP contribution is -2.02. The SMILES string of the molecule is COc1ccccc1COc1cc(CN)ccc1OC. The van der Waals surface area contributed by atoms with Crippen LogP contribution in [0.25, 0.3) is 0 Å². The van der Waals surface area contributed by atoms with Crippen LogP contribution in [0.1, 0.15) is 11.1 Å². The smallest absolute Gasteiger partial charge is 0.161 e. The van der Waals surface area contributed by atoms with E-state index in [9.17, 15) is 0 Å². The van der Waals surface area contributed by atoms with Gasteiger partial charge in [0.1, 0.15) is 12.4 Å². The van der Waals surface area contributed by atoms with Crippen LogP contribution in [0.2, 0.25) is 0 Å². The molecule has 0 unspecified atom stereocenters. The van der Waals surface area contributed by atoms with Crippen molar-refractivity contribution >= 4 is 0 Å². The molecule has 0 saturated heterocycles. The van der Waals surface area contributed by atoms with E-state index >= 15 is 0 Å². The molecule has 20 heavy (non-hydrogen) atoms. The molecule has 0 fully saturated rings. The fraction of sp³-hybridized carbons (Fsp3) is 0.250. The molecule has 0 amide bonds. The number of hydrogen-bond donors (Lipinski definition) is 1. The number of benzene rings is 2. The van der Waals surface area contributed by atoms with E-state index in [2.05, 4.69) is 0 Å². The number of methoxy groups -OCH3 is 2. The van der Waals surface area contributed by atoms with Crippen LogP contribution in [0, 0.1) is 0 Å². The van der Waals surface area contributed by atoms with Crippen molar-refractivity contribution in [3.63, 3.8) is 0 Å². The summed E-state index contributed by atoms with van der Waals surface area (Å²) >= 11 is 0. The van der Waals surface area contributed by atoms with Crippen LogP contribution in [-0.2, 0) is 13.2 Å². The Labute approximate surface area is 119 Å². The zero-order valence-electron chi connectivity index (χ0n) is 11.8. The van der Waals surface area contributed by atoms with Gasteiger partial charge >= 0.3 is 0 Å². The first-order chi connectivity index (χ1) is 9.78. The fourth-order valence-corrected chi connectivity index (χ4v) is 1.94. The lowest BCUT2D eigenvalue weighted by atomic mass is 10.2. The number of nitrogens with two attached hydrogens (primary N) is 1. The van der Waals surface area contributed by atoms with E-state index in [-0.39, 0.29) is 0 Å². The second-order valence-corrected chi connectivity index (χ2v) is 4.29. The molecule has 106 valence electrons. The second kappa shape index (κ2) is 6.82. The summed E-state index contributed by atoms with van der Waals surface area (Å²) in [4.78, 5) is 0. The van der Waals surface area contributed by atoms with Crippen LogP contribution in [0.3, 0.4) is 0 Å². The third-order valence-corrected chi connectivity index (χ3v) is 3.04. The average Bonchev–Trinajstić information content (AvgIpc) is 2.52. The Morgan fingerprint density at radius 2 is 1.65 bits per heavy atom. The maximum Gasteiger partial charge on any atom is 0.161 e. The third kappa shape index (κ3) is 3.22. The molecular formula is C16H19NO3. The molecule has 2 aromatic rings. The Morgan fingerprint density at radius 1 is 0.900 bits per heavy atom. The van der Waals surface area contributed by atoms with Gasteiger partial charge in [-0.1, -0.05) is 24.3 Å². The van der Waals surface area contributed by atoms with E-state index in [1.54, 1.807) is 14.2 Å². The van der Waals surface area contributed by atoms with Gasteiger partial charge in [0.2, 0.25) is 0 Å². The molecule has 0 radical (unpaired) electrons. The molecule has 0 saturated carbocycles. The number of rotatable bonds is 6. The maximum atomic E-state index is 5.84. The predicted molar refractivity (Wildman–Crippen MR) is 78.2 cm³/mol. The zero-order valence-corrected chi connectivity index (χ0v) is 11.8. The molecule has 4 nitrogen and oxygen atoms in total. The van der Waals surface area contributed by atoms with Gasteiger partial charge in [-0.3, -0.25) is 0 Å². The van der Waals surface area contributed by atoms with Crippen LogP contribution in [0.5, 0.6) is 17.2 Å². The Bertz CT molecular complexity index is 569. The Morgan fingerprint density at radius 3 is 2.35 bits per heavy atom. The molecule has 0 aromatic heterocycles. The molecule has 0 aliphatic carbocycles. The van der Waals surface area contributed by atoms with Crippen molar-refractivity contribution in [2.75, 3.05) is 14.2 Å². The van der Waals surface area contributed by atoms with Crippen molar-refractivity contribution < 1.29 is 14.2 Å². The van der Waals surface area contributed by atoms with Gasteiger partial charge in [0, 0.05) is 12.1 Å². The minimum Gasteiger partial charge on any atom is -0.496 e. The molecule has 2 rings (SSSR count). The molecule has 2 aromatic carbocycles. The highest BCUT2D eigenvalue weighted by atomic mass is 16.5. The largest absolute Gasteiger partial charge is 0.496 e. The van der Waals surface area contributed by atoms with Gasteiger partial charge in [-0.05, 0) is 23.8 Å². The molecule has 0 aliphatic rings. The van der Waals surface area contributed by atoms with Crippen molar-refractivity contribution in [3.8, 4) is 17.2 Å². The zero-order chi connectivity index (χ0) is 14.4. The van der Waals surface area contributed by atoms with E-state index in [4.69, 9.17) is 19.9 Å². The summed E-state index contributed by atoms with van der Waals surface area (Å²) in [5.41, 5.74) is 7.63. The standard InChI is InChI=1S/C16H19NO3/c1-18-14-6-4-3-5-13(14)11-20-16-9-12(10-17)7-8-15(16)19-2/h3-9H,10-11,17H2,1-2H3. The first-order valence-electron chi connectivity index (χ1n) is 6.40. The van der Waals surface area contributed by atoms with Gasteiger partial charge in [-0.15, -0.1) is 0 Å². The monoisotopic (exact) mass is 273 g/mol. The summed E-state index contributed by atoms with van der Waals surface area (Å²) in [6.07, 6.45) is 0. The molecule has 0 atom stereocenters. The second-order valence-electron chi connectivity index (χ2n) is 4.29. The molecular weight excluding hydrogens is 254 g/mol. The van der Waals surface area contributed by atoms with Crippen LogP contribution >= 0.6 is 0 Å². The van der Waals surface area contributed by atoms with E-state index < -0.39 is 0 Å². The van der Waals surface area contributed by atoms with E-state index in [0.29, 0.717) is 24.7 Å². The van der Waals surface area contributed by atoms with Gasteiger partial charge in [-0.2, -0.15) is 0 Å². The van der Waals surface area contributed by atoms with Crippen LogP contribution in [0.15, 0.2) is 42.5 Å². The maximum absolute atomic E-state index is 5.84. The first kappa shape index (κ1) is 14.2. The van der Waals surface area contributed by atoms with Crippen molar-refractivity contribution in [1.29, 1.82) is 0 Å². The summed E-state index contributed by atoms with van der Waals surface area (Å²) in [7, 11) is 3.27. The Kier molecular flexibility index (Phi) is 4.85. The van der Waals surface area contributed by atoms with Crippen LogP contribution in [0.4, 0.5) is 0 Å². The third-order valence-electron chi connectivity index (χ3n) is 3.04. The highest BCUT2D eigenvalue weighted by Crippen LogP contribution is 2.29. The molecule has 0 aliphatic heterocycles. The molecule has 2 N–H and O–H groups in total. The molecule has 0 bridgehead atoms. The van der Waals surface area contributed by atoms with Gasteiger partial charge in [-0.25, -0.2) is 0 Å². The van der Waals surface area contributed by atoms with Crippen molar-refractivity contribution in [3.05, 3.63) is 53.6 Å². The Balaban J connectivity index is 2.17. The lowest BCUT2D eigenvalue weighted by molar-refractivity contribution is 0.278. The highest BCUT2D eigenvalue weighted by molar-refractivity contribution is 5.43. The van der Waals surface area contributed by atoms with E-state index in [0.717, 1.165) is 16.9 Å². The van der Waals surface area contributed by atoms with Crippen molar-refractivity contribution in [2.45, 2.75) is 13.2 Å². The summed E-state index contributed by atoms with van der Waals surface area (Å²) in [6.45, 7) is 0.878. The van der Waals surface area contributed by atoms with Crippen LogP contribution < -0.4 is 19.9 Å². The first-order valence-corrected chi connectivity index (χ1v) is 6.40. The normalized spacial score (nSPS) is 10.2. The average molecular weight is 273 g/mol. The van der Waals surface area contributed by atoms with Gasteiger partial charge in [0.15, 0.2) is 11.5 Å². The number of para-hydroxylation sites is 1. The topological polar surface area (TPSA) is 53.7 Å². The predicted octanol–water partition coefficient (Wildman–Crippen LogP) is 2.74. The van der Waals surface area contributed by atoms with Gasteiger partial charge in [0.05, 0.1) is 14.2 Å². The van der Waals surface area contributed by atoms with Crippen LogP contribution in [-0.4, -0.2) is 14.2 Å². The summed E-state index contributed by atoms with van der Waals surface area (Å²) in [6, 6.07) is 13.4. The quantitative estimate of drug-likeness (QED) is 0.879. The van der Waals surface area contributed by atoms with E-state index in [1.165, 1.54) is 0 Å². The highest BCUT2D eigenvalue weighted by Gasteiger charge is 2.08. The fourth-order valence-electron chi connectivity index (χ4n) is 1.94. The van der Waals surface area contributed by atoms with Gasteiger partial charge in [0.25, 0.3) is 0 Å². The number of ether oxygens (including phenoxy) is 3. The van der Waals surface area contributed by atoms with Crippen molar-refractivity contribution in [2.24, 2.45) is 5.73 Å². The lowest BCUT2D eigenvalue weighted by Gasteiger charge is -2.13. The Hall–Kier alpha value is -2.20. The molecule has 0 heterocycles. The minimum atomic E-state index is 0.411. The summed E-state index contributed by atoms with van der Waals surface area (Å²) in [5, 5.41) is 0. The summed E-state index contributed by atoms with van der Waals surface area (Å²) < 4.78 is 16.4. The number of hydrogen-bond acceptors (Lipinski definition) is 4.